The highest BCUT2D eigenvalue weighted by molar-refractivity contribution is 5.64. The largest absolute Gasteiger partial charge is 0.465 e. The van der Waals surface area contributed by atoms with E-state index in [0.717, 1.165) is 43.4 Å². The molecule has 2 rings (SSSR count). The summed E-state index contributed by atoms with van der Waals surface area (Å²) < 4.78 is 0. The van der Waals surface area contributed by atoms with Crippen LogP contribution in [0.15, 0.2) is 24.3 Å². The second kappa shape index (κ2) is 7.66. The van der Waals surface area contributed by atoms with Crippen molar-refractivity contribution in [2.24, 2.45) is 0 Å². The molecule has 1 aromatic rings. The molecule has 1 aromatic carbocycles. The number of aliphatic hydroxyl groups excluding tert-OH is 1. The number of amides is 1. The van der Waals surface area contributed by atoms with E-state index in [0.29, 0.717) is 6.42 Å². The van der Waals surface area contributed by atoms with E-state index in [1.165, 1.54) is 0 Å². The second-order valence-electron chi connectivity index (χ2n) is 6.23. The highest BCUT2D eigenvalue weighted by Gasteiger charge is 2.33. The van der Waals surface area contributed by atoms with Gasteiger partial charge in [0, 0.05) is 19.3 Å². The third-order valence-corrected chi connectivity index (χ3v) is 4.61. The first-order chi connectivity index (χ1) is 10.9. The molecule has 1 unspecified atom stereocenters. The van der Waals surface area contributed by atoms with Crippen molar-refractivity contribution < 1.29 is 20.1 Å². The third-order valence-electron chi connectivity index (χ3n) is 4.61. The Morgan fingerprint density at radius 1 is 1.35 bits per heavy atom. The quantitative estimate of drug-likeness (QED) is 0.604. The molecule has 0 aliphatic heterocycles. The van der Waals surface area contributed by atoms with Gasteiger partial charge in [0.1, 0.15) is 5.72 Å². The molecule has 0 heterocycles. The fourth-order valence-electron chi connectivity index (χ4n) is 3.12. The number of hydrogen-bond donors (Lipinski definition) is 4. The standard InChI is InChI=1S/C17H26N2O4/c1-19(17(23)9-3-2-4-10-17)14-7-5-6-13(12-14)15(20)8-11-18-16(21)22/h5-7,12,15,18,20,23H,2-4,8-11H2,1H3,(H,21,22). The molecule has 0 bridgehead atoms. The normalized spacial score (nSPS) is 18.2. The molecular weight excluding hydrogens is 296 g/mol. The van der Waals surface area contributed by atoms with Crippen molar-refractivity contribution in [2.75, 3.05) is 18.5 Å². The molecule has 128 valence electrons. The monoisotopic (exact) mass is 322 g/mol. The summed E-state index contributed by atoms with van der Waals surface area (Å²) in [5.41, 5.74) is 0.755. The van der Waals surface area contributed by atoms with E-state index in [4.69, 9.17) is 5.11 Å². The maximum absolute atomic E-state index is 10.8. The molecule has 6 nitrogen and oxygen atoms in total. The van der Waals surface area contributed by atoms with Crippen LogP contribution in [0, 0.1) is 0 Å². The van der Waals surface area contributed by atoms with Gasteiger partial charge < -0.3 is 25.5 Å². The molecule has 0 spiro atoms. The summed E-state index contributed by atoms with van der Waals surface area (Å²) in [5, 5.41) is 31.8. The molecule has 0 saturated heterocycles. The topological polar surface area (TPSA) is 93.0 Å². The molecule has 0 aromatic heterocycles. The molecule has 6 heteroatoms. The van der Waals surface area contributed by atoms with Crippen LogP contribution in [0.4, 0.5) is 10.5 Å². The first-order valence-corrected chi connectivity index (χ1v) is 8.13. The summed E-state index contributed by atoms with van der Waals surface area (Å²) in [6.45, 7) is 0.195. The zero-order chi connectivity index (χ0) is 16.9. The van der Waals surface area contributed by atoms with Crippen LogP contribution in [0.2, 0.25) is 0 Å². The number of carboxylic acid groups (broad SMARTS) is 1. The van der Waals surface area contributed by atoms with Gasteiger partial charge in [-0.15, -0.1) is 0 Å². The van der Waals surface area contributed by atoms with Crippen LogP contribution in [-0.4, -0.2) is 40.7 Å². The Morgan fingerprint density at radius 3 is 2.70 bits per heavy atom. The summed E-state index contributed by atoms with van der Waals surface area (Å²) >= 11 is 0. The van der Waals surface area contributed by atoms with E-state index in [2.05, 4.69) is 5.32 Å². The lowest BCUT2D eigenvalue weighted by molar-refractivity contribution is 0.00539. The molecule has 1 aliphatic carbocycles. The van der Waals surface area contributed by atoms with E-state index >= 15 is 0 Å². The summed E-state index contributed by atoms with van der Waals surface area (Å²) in [6.07, 6.45) is 3.17. The Balaban J connectivity index is 2.05. The molecule has 1 fully saturated rings. The van der Waals surface area contributed by atoms with Gasteiger partial charge in [-0.25, -0.2) is 4.79 Å². The van der Waals surface area contributed by atoms with E-state index < -0.39 is 17.9 Å². The van der Waals surface area contributed by atoms with Gasteiger partial charge in [0.15, 0.2) is 0 Å². The highest BCUT2D eigenvalue weighted by Crippen LogP contribution is 2.34. The fraction of sp³-hybridized carbons (Fsp3) is 0.588. The molecule has 1 aliphatic rings. The number of aliphatic hydroxyl groups is 2. The number of hydrogen-bond acceptors (Lipinski definition) is 4. The number of rotatable bonds is 6. The molecule has 1 amide bonds. The van der Waals surface area contributed by atoms with Crippen molar-refractivity contribution >= 4 is 11.8 Å². The Bertz CT molecular complexity index is 529. The van der Waals surface area contributed by atoms with Crippen LogP contribution in [0.1, 0.15) is 50.2 Å². The first kappa shape index (κ1) is 17.6. The lowest BCUT2D eigenvalue weighted by Gasteiger charge is -2.41. The van der Waals surface area contributed by atoms with Crippen molar-refractivity contribution in [2.45, 2.75) is 50.4 Å². The van der Waals surface area contributed by atoms with Crippen LogP contribution in [0.5, 0.6) is 0 Å². The highest BCUT2D eigenvalue weighted by atomic mass is 16.4. The number of nitrogens with zero attached hydrogens (tertiary/aromatic N) is 1. The van der Waals surface area contributed by atoms with Crippen LogP contribution >= 0.6 is 0 Å². The molecule has 1 atom stereocenters. The number of nitrogens with one attached hydrogen (secondary N) is 1. The zero-order valence-electron chi connectivity index (χ0n) is 13.5. The molecule has 23 heavy (non-hydrogen) atoms. The van der Waals surface area contributed by atoms with E-state index in [9.17, 15) is 15.0 Å². The van der Waals surface area contributed by atoms with Gasteiger partial charge >= 0.3 is 6.09 Å². The van der Waals surface area contributed by atoms with Gasteiger partial charge in [-0.1, -0.05) is 18.6 Å². The van der Waals surface area contributed by atoms with Gasteiger partial charge in [0.05, 0.1) is 6.10 Å². The third kappa shape index (κ3) is 4.59. The second-order valence-corrected chi connectivity index (χ2v) is 6.23. The number of benzene rings is 1. The van der Waals surface area contributed by atoms with Crippen molar-refractivity contribution in [3.05, 3.63) is 29.8 Å². The van der Waals surface area contributed by atoms with Gasteiger partial charge in [0.2, 0.25) is 0 Å². The predicted molar refractivity (Wildman–Crippen MR) is 88.5 cm³/mol. The smallest absolute Gasteiger partial charge is 0.404 e. The minimum atomic E-state index is -1.09. The average Bonchev–Trinajstić information content (AvgIpc) is 2.54. The molecule has 4 N–H and O–H groups in total. The Labute approximate surface area is 136 Å². The number of anilines is 1. The average molecular weight is 322 g/mol. The zero-order valence-corrected chi connectivity index (χ0v) is 13.5. The summed E-state index contributed by atoms with van der Waals surface area (Å²) in [6, 6.07) is 7.44. The van der Waals surface area contributed by atoms with Crippen molar-refractivity contribution in [3.63, 3.8) is 0 Å². The molecule has 1 saturated carbocycles. The van der Waals surface area contributed by atoms with Gasteiger partial charge in [0.25, 0.3) is 0 Å². The van der Waals surface area contributed by atoms with Crippen LogP contribution in [-0.2, 0) is 0 Å². The van der Waals surface area contributed by atoms with Gasteiger partial charge in [-0.05, 0) is 49.8 Å². The fourth-order valence-corrected chi connectivity index (χ4v) is 3.12. The van der Waals surface area contributed by atoms with Crippen LogP contribution in [0.25, 0.3) is 0 Å². The van der Waals surface area contributed by atoms with Crippen molar-refractivity contribution in [1.29, 1.82) is 0 Å². The lowest BCUT2D eigenvalue weighted by Crippen LogP contribution is -2.48. The van der Waals surface area contributed by atoms with E-state index in [1.807, 2.05) is 36.2 Å². The van der Waals surface area contributed by atoms with Gasteiger partial charge in [-0.2, -0.15) is 0 Å². The Kier molecular flexibility index (Phi) is 5.85. The summed E-state index contributed by atoms with van der Waals surface area (Å²) in [7, 11) is 1.88. The maximum atomic E-state index is 10.8. The van der Waals surface area contributed by atoms with Crippen LogP contribution < -0.4 is 10.2 Å². The number of carbonyl (C=O) groups is 1. The Morgan fingerprint density at radius 2 is 2.04 bits per heavy atom. The first-order valence-electron chi connectivity index (χ1n) is 8.13. The lowest BCUT2D eigenvalue weighted by atomic mass is 9.90. The van der Waals surface area contributed by atoms with Crippen LogP contribution in [0.3, 0.4) is 0 Å². The summed E-state index contributed by atoms with van der Waals surface area (Å²) in [5.74, 6) is 0. The van der Waals surface area contributed by atoms with E-state index in [-0.39, 0.29) is 6.54 Å². The van der Waals surface area contributed by atoms with Crippen molar-refractivity contribution in [3.8, 4) is 0 Å². The SMILES string of the molecule is CN(c1cccc(C(O)CCNC(=O)O)c1)C1(O)CCCCC1. The minimum Gasteiger partial charge on any atom is -0.465 e. The molecular formula is C17H26N2O4. The van der Waals surface area contributed by atoms with Crippen molar-refractivity contribution in [1.82, 2.24) is 5.32 Å². The predicted octanol–water partition coefficient (Wildman–Crippen LogP) is 2.47. The minimum absolute atomic E-state index is 0.195. The molecule has 0 radical (unpaired) electrons. The maximum Gasteiger partial charge on any atom is 0.404 e. The Hall–Kier alpha value is -1.79. The van der Waals surface area contributed by atoms with E-state index in [1.54, 1.807) is 0 Å². The summed E-state index contributed by atoms with van der Waals surface area (Å²) in [4.78, 5) is 12.3. The van der Waals surface area contributed by atoms with Gasteiger partial charge in [-0.3, -0.25) is 0 Å².